The van der Waals surface area contributed by atoms with Gasteiger partial charge in [-0.2, -0.15) is 0 Å². The molecule has 3 rings (SSSR count). The standard InChI is InChI=1S/C11H10Cl2N2O/c12-6-4-7(13)10-9(5-6)16-11(15-10)8-2-1-3-14-8/h4-5,8,14H,1-3H2. The molecule has 0 amide bonds. The first-order chi connectivity index (χ1) is 7.74. The molecular formula is C11H10Cl2N2O. The van der Waals surface area contributed by atoms with Crippen LogP contribution < -0.4 is 5.32 Å². The van der Waals surface area contributed by atoms with Crippen LogP contribution in [0.5, 0.6) is 0 Å². The van der Waals surface area contributed by atoms with E-state index in [-0.39, 0.29) is 6.04 Å². The maximum Gasteiger partial charge on any atom is 0.212 e. The van der Waals surface area contributed by atoms with Crippen molar-refractivity contribution in [3.63, 3.8) is 0 Å². The molecule has 1 aromatic carbocycles. The minimum absolute atomic E-state index is 0.210. The zero-order valence-corrected chi connectivity index (χ0v) is 9.98. The molecule has 1 unspecified atom stereocenters. The molecule has 1 aromatic heterocycles. The summed E-state index contributed by atoms with van der Waals surface area (Å²) in [6.45, 7) is 1.01. The minimum atomic E-state index is 0.210. The summed E-state index contributed by atoms with van der Waals surface area (Å²) in [7, 11) is 0. The lowest BCUT2D eigenvalue weighted by molar-refractivity contribution is 0.452. The van der Waals surface area contributed by atoms with E-state index in [4.69, 9.17) is 27.6 Å². The largest absolute Gasteiger partial charge is 0.439 e. The molecule has 1 atom stereocenters. The number of rotatable bonds is 1. The van der Waals surface area contributed by atoms with Crippen LogP contribution in [0.2, 0.25) is 10.0 Å². The Balaban J connectivity index is 2.11. The van der Waals surface area contributed by atoms with E-state index >= 15 is 0 Å². The molecule has 84 valence electrons. The number of aromatic nitrogens is 1. The third-order valence-electron chi connectivity index (χ3n) is 2.79. The van der Waals surface area contributed by atoms with E-state index < -0.39 is 0 Å². The second kappa shape index (κ2) is 3.91. The predicted molar refractivity (Wildman–Crippen MR) is 64.0 cm³/mol. The molecule has 0 aliphatic carbocycles. The molecule has 16 heavy (non-hydrogen) atoms. The van der Waals surface area contributed by atoms with Crippen molar-refractivity contribution in [2.24, 2.45) is 0 Å². The summed E-state index contributed by atoms with van der Waals surface area (Å²) in [4.78, 5) is 4.42. The highest BCUT2D eigenvalue weighted by Gasteiger charge is 2.22. The van der Waals surface area contributed by atoms with Crippen molar-refractivity contribution >= 4 is 34.3 Å². The predicted octanol–water partition coefficient (Wildman–Crippen LogP) is 3.56. The first-order valence-electron chi connectivity index (χ1n) is 5.23. The maximum atomic E-state index is 6.05. The molecule has 3 nitrogen and oxygen atoms in total. The average molecular weight is 257 g/mol. The Morgan fingerprint density at radius 1 is 1.38 bits per heavy atom. The summed E-state index contributed by atoms with van der Waals surface area (Å²) in [6.07, 6.45) is 2.20. The van der Waals surface area contributed by atoms with Gasteiger partial charge in [-0.3, -0.25) is 0 Å². The maximum absolute atomic E-state index is 6.05. The molecule has 1 aliphatic rings. The van der Waals surface area contributed by atoms with Crippen molar-refractivity contribution < 1.29 is 4.42 Å². The number of oxazole rings is 1. The highest BCUT2D eigenvalue weighted by molar-refractivity contribution is 6.38. The first-order valence-corrected chi connectivity index (χ1v) is 5.98. The summed E-state index contributed by atoms with van der Waals surface area (Å²) in [5.41, 5.74) is 1.34. The quantitative estimate of drug-likeness (QED) is 0.848. The van der Waals surface area contributed by atoms with Gasteiger partial charge in [-0.15, -0.1) is 0 Å². The van der Waals surface area contributed by atoms with E-state index in [1.807, 2.05) is 0 Å². The molecule has 2 aromatic rings. The van der Waals surface area contributed by atoms with Crippen molar-refractivity contribution in [1.82, 2.24) is 10.3 Å². The molecule has 1 aliphatic heterocycles. The molecule has 0 radical (unpaired) electrons. The molecule has 0 bridgehead atoms. The Bertz CT molecular complexity index is 532. The van der Waals surface area contributed by atoms with E-state index in [1.165, 1.54) is 0 Å². The Labute approximate surface area is 103 Å². The summed E-state index contributed by atoms with van der Waals surface area (Å²) < 4.78 is 5.67. The fourth-order valence-corrected chi connectivity index (χ4v) is 2.54. The lowest BCUT2D eigenvalue weighted by atomic mass is 10.2. The zero-order chi connectivity index (χ0) is 11.1. The molecule has 0 saturated carbocycles. The fourth-order valence-electron chi connectivity index (χ4n) is 2.02. The Morgan fingerprint density at radius 2 is 2.25 bits per heavy atom. The van der Waals surface area contributed by atoms with Crippen LogP contribution in [-0.2, 0) is 0 Å². The fraction of sp³-hybridized carbons (Fsp3) is 0.364. The van der Waals surface area contributed by atoms with Gasteiger partial charge in [0.05, 0.1) is 11.1 Å². The van der Waals surface area contributed by atoms with Gasteiger partial charge < -0.3 is 9.73 Å². The van der Waals surface area contributed by atoms with Crippen LogP contribution in [0.4, 0.5) is 0 Å². The number of benzene rings is 1. The van der Waals surface area contributed by atoms with E-state index in [9.17, 15) is 0 Å². The third-order valence-corrected chi connectivity index (χ3v) is 3.29. The molecule has 2 heterocycles. The second-order valence-electron chi connectivity index (χ2n) is 3.94. The van der Waals surface area contributed by atoms with Gasteiger partial charge in [-0.25, -0.2) is 4.98 Å². The smallest absolute Gasteiger partial charge is 0.212 e. The van der Waals surface area contributed by atoms with E-state index in [1.54, 1.807) is 12.1 Å². The molecule has 1 fully saturated rings. The lowest BCUT2D eigenvalue weighted by Gasteiger charge is -2.02. The summed E-state index contributed by atoms with van der Waals surface area (Å²) in [6, 6.07) is 3.64. The highest BCUT2D eigenvalue weighted by Crippen LogP contribution is 2.31. The number of nitrogens with zero attached hydrogens (tertiary/aromatic N) is 1. The van der Waals surface area contributed by atoms with Crippen molar-refractivity contribution in [2.45, 2.75) is 18.9 Å². The van der Waals surface area contributed by atoms with Gasteiger partial charge in [-0.1, -0.05) is 23.2 Å². The van der Waals surface area contributed by atoms with Crippen LogP contribution in [0.3, 0.4) is 0 Å². The average Bonchev–Trinajstić information content (AvgIpc) is 2.82. The van der Waals surface area contributed by atoms with E-state index in [0.717, 1.165) is 19.4 Å². The summed E-state index contributed by atoms with van der Waals surface area (Å²) in [5, 5.41) is 4.44. The van der Waals surface area contributed by atoms with Crippen LogP contribution in [0.15, 0.2) is 16.5 Å². The Kier molecular flexibility index (Phi) is 2.54. The van der Waals surface area contributed by atoms with E-state index in [2.05, 4.69) is 10.3 Å². The molecule has 1 N–H and O–H groups in total. The monoisotopic (exact) mass is 256 g/mol. The van der Waals surface area contributed by atoms with Gasteiger partial charge in [0.1, 0.15) is 5.52 Å². The van der Waals surface area contributed by atoms with Crippen molar-refractivity contribution in [3.05, 3.63) is 28.1 Å². The van der Waals surface area contributed by atoms with Crippen LogP contribution in [-0.4, -0.2) is 11.5 Å². The van der Waals surface area contributed by atoms with Gasteiger partial charge in [0, 0.05) is 11.1 Å². The summed E-state index contributed by atoms with van der Waals surface area (Å²) in [5.74, 6) is 0.705. The van der Waals surface area contributed by atoms with Gasteiger partial charge in [0.15, 0.2) is 5.58 Å². The Hall–Kier alpha value is -0.770. The second-order valence-corrected chi connectivity index (χ2v) is 4.78. The van der Waals surface area contributed by atoms with Crippen LogP contribution >= 0.6 is 23.2 Å². The normalized spacial score (nSPS) is 20.8. The van der Waals surface area contributed by atoms with E-state index in [0.29, 0.717) is 27.0 Å². The first kappa shape index (κ1) is 10.4. The number of hydrogen-bond donors (Lipinski definition) is 1. The van der Waals surface area contributed by atoms with Crippen LogP contribution in [0, 0.1) is 0 Å². The molecule has 5 heteroatoms. The zero-order valence-electron chi connectivity index (χ0n) is 8.46. The minimum Gasteiger partial charge on any atom is -0.439 e. The third kappa shape index (κ3) is 1.69. The van der Waals surface area contributed by atoms with Gasteiger partial charge >= 0.3 is 0 Å². The SMILES string of the molecule is Clc1cc(Cl)c2nc(C3CCCN3)oc2c1. The lowest BCUT2D eigenvalue weighted by Crippen LogP contribution is -2.12. The highest BCUT2D eigenvalue weighted by atomic mass is 35.5. The van der Waals surface area contributed by atoms with Gasteiger partial charge in [0.25, 0.3) is 0 Å². The van der Waals surface area contributed by atoms with Crippen molar-refractivity contribution in [3.8, 4) is 0 Å². The molecule has 1 saturated heterocycles. The number of halogens is 2. The van der Waals surface area contributed by atoms with Gasteiger partial charge in [0.2, 0.25) is 5.89 Å². The molecule has 0 spiro atoms. The number of hydrogen-bond acceptors (Lipinski definition) is 3. The topological polar surface area (TPSA) is 38.1 Å². The van der Waals surface area contributed by atoms with Gasteiger partial charge in [-0.05, 0) is 25.5 Å². The number of fused-ring (bicyclic) bond motifs is 1. The van der Waals surface area contributed by atoms with Crippen LogP contribution in [0.1, 0.15) is 24.8 Å². The van der Waals surface area contributed by atoms with Crippen LogP contribution in [0.25, 0.3) is 11.1 Å². The molecular weight excluding hydrogens is 247 g/mol. The number of nitrogens with one attached hydrogen (secondary N) is 1. The van der Waals surface area contributed by atoms with Crippen molar-refractivity contribution in [2.75, 3.05) is 6.54 Å². The van der Waals surface area contributed by atoms with Crippen molar-refractivity contribution in [1.29, 1.82) is 0 Å². The Morgan fingerprint density at radius 3 is 3.00 bits per heavy atom. The summed E-state index contributed by atoms with van der Waals surface area (Å²) >= 11 is 12.0.